The molecule has 1 aliphatic carbocycles. The normalized spacial score (nSPS) is 21.6. The van der Waals surface area contributed by atoms with E-state index in [1.165, 1.54) is 17.2 Å². The molecule has 0 aromatic heterocycles. The maximum atomic E-state index is 13.6. The van der Waals surface area contributed by atoms with Crippen molar-refractivity contribution >= 4 is 11.9 Å². The number of fused-ring (bicyclic) bond motifs is 1. The van der Waals surface area contributed by atoms with Gasteiger partial charge in [0.25, 0.3) is 5.91 Å². The number of aliphatic hydroxyl groups excluding tert-OH is 1. The predicted molar refractivity (Wildman–Crippen MR) is 108 cm³/mol. The Bertz CT molecular complexity index is 979. The van der Waals surface area contributed by atoms with E-state index >= 15 is 0 Å². The highest BCUT2D eigenvalue weighted by Gasteiger charge is 2.49. The number of nitrogens with zero attached hydrogens (tertiary/aromatic N) is 1. The Hall–Kier alpha value is -2.77. The highest BCUT2D eigenvalue weighted by atomic mass is 19.1. The van der Waals surface area contributed by atoms with E-state index in [-0.39, 0.29) is 25.6 Å². The van der Waals surface area contributed by atoms with Crippen LogP contribution in [0.2, 0.25) is 0 Å². The molecule has 1 unspecified atom stereocenters. The molecule has 1 fully saturated rings. The number of nitrogens with one attached hydrogen (secondary N) is 1. The van der Waals surface area contributed by atoms with Crippen LogP contribution in [0.3, 0.4) is 0 Å². The first-order chi connectivity index (χ1) is 14.4. The van der Waals surface area contributed by atoms with Gasteiger partial charge in [-0.1, -0.05) is 36.4 Å². The molecular weight excluding hydrogens is 387 g/mol. The van der Waals surface area contributed by atoms with E-state index in [1.807, 2.05) is 18.2 Å². The van der Waals surface area contributed by atoms with Crippen LogP contribution in [0, 0.1) is 5.82 Å². The van der Waals surface area contributed by atoms with Crippen molar-refractivity contribution in [1.82, 2.24) is 10.2 Å². The van der Waals surface area contributed by atoms with Crippen molar-refractivity contribution in [2.45, 2.75) is 44.4 Å². The zero-order valence-corrected chi connectivity index (χ0v) is 16.9. The van der Waals surface area contributed by atoms with Gasteiger partial charge in [0, 0.05) is 5.56 Å². The summed E-state index contributed by atoms with van der Waals surface area (Å²) < 4.78 is 19.0. The van der Waals surface area contributed by atoms with Gasteiger partial charge in [-0.25, -0.2) is 9.18 Å². The second-order valence-corrected chi connectivity index (χ2v) is 8.07. The summed E-state index contributed by atoms with van der Waals surface area (Å²) in [5, 5.41) is 13.0. The van der Waals surface area contributed by atoms with Gasteiger partial charge < -0.3 is 15.2 Å². The zero-order chi connectivity index (χ0) is 21.3. The Morgan fingerprint density at radius 3 is 2.77 bits per heavy atom. The molecule has 30 heavy (non-hydrogen) atoms. The van der Waals surface area contributed by atoms with Crippen LogP contribution in [-0.4, -0.2) is 41.2 Å². The first-order valence-corrected chi connectivity index (χ1v) is 10.1. The number of urea groups is 1. The lowest BCUT2D eigenvalue weighted by atomic mass is 9.89. The first-order valence-electron chi connectivity index (χ1n) is 10.1. The minimum atomic E-state index is -1.16. The van der Waals surface area contributed by atoms with Crippen LogP contribution in [-0.2, 0) is 34.5 Å². The third-order valence-corrected chi connectivity index (χ3v) is 5.87. The minimum Gasteiger partial charge on any atom is -0.389 e. The molecule has 0 bridgehead atoms. The van der Waals surface area contributed by atoms with Crippen molar-refractivity contribution in [2.75, 3.05) is 13.2 Å². The second kappa shape index (κ2) is 8.16. The van der Waals surface area contributed by atoms with E-state index in [9.17, 15) is 19.1 Å². The van der Waals surface area contributed by atoms with Gasteiger partial charge in [-0.15, -0.1) is 0 Å². The van der Waals surface area contributed by atoms with Gasteiger partial charge in [0.1, 0.15) is 11.4 Å². The Labute approximate surface area is 174 Å². The number of carbonyl (C=O) groups excluding carboxylic acids is 2. The quantitative estimate of drug-likeness (QED) is 0.686. The molecule has 0 radical (unpaired) electrons. The van der Waals surface area contributed by atoms with Crippen molar-refractivity contribution in [3.05, 3.63) is 70.5 Å². The molecular formula is C23H25FN2O4. The third-order valence-electron chi connectivity index (χ3n) is 5.87. The van der Waals surface area contributed by atoms with Crippen molar-refractivity contribution in [3.8, 4) is 0 Å². The molecule has 2 aromatic rings. The topological polar surface area (TPSA) is 78.9 Å². The predicted octanol–water partition coefficient (Wildman–Crippen LogP) is 2.66. The number of hydrogen-bond donors (Lipinski definition) is 2. The van der Waals surface area contributed by atoms with Crippen molar-refractivity contribution < 1.29 is 23.8 Å². The lowest BCUT2D eigenvalue weighted by Crippen LogP contribution is -2.42. The number of halogens is 1. The first kappa shape index (κ1) is 20.5. The van der Waals surface area contributed by atoms with Crippen molar-refractivity contribution in [2.24, 2.45) is 0 Å². The summed E-state index contributed by atoms with van der Waals surface area (Å²) in [4.78, 5) is 26.5. The van der Waals surface area contributed by atoms with Crippen LogP contribution in [0.5, 0.6) is 0 Å². The fourth-order valence-electron chi connectivity index (χ4n) is 4.13. The van der Waals surface area contributed by atoms with Crippen LogP contribution in [0.25, 0.3) is 0 Å². The fourth-order valence-corrected chi connectivity index (χ4v) is 4.13. The van der Waals surface area contributed by atoms with E-state index in [2.05, 4.69) is 5.32 Å². The maximum Gasteiger partial charge on any atom is 0.325 e. The minimum absolute atomic E-state index is 0.00326. The standard InChI is InChI=1S/C23H25FN2O4/c1-23(18-10-9-15-6-4-7-16(15)11-18)21(28)26(22(29)25-23)12-19(27)14-30-13-17-5-2-3-8-20(17)24/h2-3,5,8-11,19,27H,4,6-7,12-14H2,1H3,(H,25,29)/t19?,23-/m0/s1. The molecule has 2 atom stereocenters. The second-order valence-electron chi connectivity index (χ2n) is 8.07. The number of ether oxygens (including phenoxy) is 1. The number of hydrogen-bond acceptors (Lipinski definition) is 4. The molecule has 0 spiro atoms. The van der Waals surface area contributed by atoms with Crippen LogP contribution in [0.4, 0.5) is 9.18 Å². The largest absolute Gasteiger partial charge is 0.389 e. The molecule has 3 amide bonds. The Balaban J connectivity index is 1.38. The lowest BCUT2D eigenvalue weighted by molar-refractivity contribution is -0.132. The summed E-state index contributed by atoms with van der Waals surface area (Å²) in [6.07, 6.45) is 2.04. The van der Waals surface area contributed by atoms with Gasteiger partial charge >= 0.3 is 6.03 Å². The summed E-state index contributed by atoms with van der Waals surface area (Å²) in [7, 11) is 0. The van der Waals surface area contributed by atoms with Gasteiger partial charge in [-0.2, -0.15) is 0 Å². The molecule has 1 heterocycles. The van der Waals surface area contributed by atoms with E-state index in [0.717, 1.165) is 29.7 Å². The van der Waals surface area contributed by atoms with Crippen LogP contribution >= 0.6 is 0 Å². The molecule has 2 N–H and O–H groups in total. The summed E-state index contributed by atoms with van der Waals surface area (Å²) in [5.41, 5.74) is 2.47. The molecule has 1 saturated heterocycles. The maximum absolute atomic E-state index is 13.6. The monoisotopic (exact) mass is 412 g/mol. The molecule has 158 valence electrons. The summed E-state index contributed by atoms with van der Waals surface area (Å²) >= 11 is 0. The van der Waals surface area contributed by atoms with Gasteiger partial charge in [-0.3, -0.25) is 9.69 Å². The molecule has 2 aromatic carbocycles. The Kier molecular flexibility index (Phi) is 5.58. The average Bonchev–Trinajstić information content (AvgIpc) is 3.28. The summed E-state index contributed by atoms with van der Waals surface area (Å²) in [6, 6.07) is 11.6. The number of rotatable bonds is 7. The SMILES string of the molecule is C[C@@]1(c2ccc3c(c2)CCC3)NC(=O)N(CC(O)COCc2ccccc2F)C1=O. The number of carbonyl (C=O) groups is 2. The third kappa shape index (κ3) is 3.82. The van der Waals surface area contributed by atoms with Gasteiger partial charge in [-0.05, 0) is 48.9 Å². The summed E-state index contributed by atoms with van der Waals surface area (Å²) in [6.45, 7) is 1.37. The number of amides is 3. The van der Waals surface area contributed by atoms with Gasteiger partial charge in [0.2, 0.25) is 0 Å². The Morgan fingerprint density at radius 2 is 1.97 bits per heavy atom. The molecule has 0 saturated carbocycles. The van der Waals surface area contributed by atoms with Gasteiger partial charge in [0.05, 0.1) is 25.9 Å². The lowest BCUT2D eigenvalue weighted by Gasteiger charge is -2.24. The average molecular weight is 412 g/mol. The van der Waals surface area contributed by atoms with Crippen LogP contribution in [0.1, 0.15) is 35.6 Å². The number of aryl methyl sites for hydroxylation is 2. The molecule has 7 heteroatoms. The van der Waals surface area contributed by atoms with Crippen LogP contribution < -0.4 is 5.32 Å². The number of benzene rings is 2. The van der Waals surface area contributed by atoms with E-state index in [4.69, 9.17) is 4.74 Å². The van der Waals surface area contributed by atoms with E-state index in [0.29, 0.717) is 5.56 Å². The zero-order valence-electron chi connectivity index (χ0n) is 16.9. The Morgan fingerprint density at radius 1 is 1.20 bits per heavy atom. The smallest absolute Gasteiger partial charge is 0.325 e. The number of β-amino-alcohol motifs (C(OH)–C–C–N with tert-alkyl or cyclic N) is 1. The van der Waals surface area contributed by atoms with E-state index in [1.54, 1.807) is 25.1 Å². The molecule has 4 rings (SSSR count). The summed E-state index contributed by atoms with van der Waals surface area (Å²) in [5.74, 6) is -0.787. The highest BCUT2D eigenvalue weighted by Crippen LogP contribution is 2.32. The fraction of sp³-hybridized carbons (Fsp3) is 0.391. The molecule has 1 aliphatic heterocycles. The molecule has 2 aliphatic rings. The number of aliphatic hydroxyl groups is 1. The molecule has 6 nitrogen and oxygen atoms in total. The highest BCUT2D eigenvalue weighted by molar-refractivity contribution is 6.07. The number of imide groups is 1. The van der Waals surface area contributed by atoms with Crippen molar-refractivity contribution in [1.29, 1.82) is 0 Å². The van der Waals surface area contributed by atoms with Gasteiger partial charge in [0.15, 0.2) is 0 Å². The van der Waals surface area contributed by atoms with Crippen molar-refractivity contribution in [3.63, 3.8) is 0 Å². The van der Waals surface area contributed by atoms with Crippen LogP contribution in [0.15, 0.2) is 42.5 Å². The van der Waals surface area contributed by atoms with E-state index < -0.39 is 23.6 Å².